The number of benzene rings is 1. The number of nitrogens with zero attached hydrogens (tertiary/aromatic N) is 6. The normalized spacial score (nSPS) is 17.7. The molecule has 0 unspecified atom stereocenters. The molecule has 1 saturated heterocycles. The summed E-state index contributed by atoms with van der Waals surface area (Å²) in [6.45, 7) is 5.35. The standard InChI is InChI=1S/C23H26N6S/c1-2-6-17(7-3-1)28-14-12-27(13-15-28)11-10-20-25-22-21-18-8-4-5-9-19(18)30-23(21)24-16-29(22)26-20/h1-3,6-7,16H,4-5,8-15H2. The molecule has 0 atom stereocenters. The van der Waals surface area contributed by atoms with Crippen LogP contribution < -0.4 is 4.90 Å². The van der Waals surface area contributed by atoms with Crippen molar-refractivity contribution < 1.29 is 0 Å². The van der Waals surface area contributed by atoms with Crippen molar-refractivity contribution in [2.24, 2.45) is 0 Å². The SMILES string of the molecule is c1ccc(N2CCN(CCc3nc4c5c6c(sc5ncn4n3)CCCC6)CC2)cc1. The van der Waals surface area contributed by atoms with Gasteiger partial charge in [0, 0.05) is 49.7 Å². The van der Waals surface area contributed by atoms with E-state index in [0.29, 0.717) is 0 Å². The van der Waals surface area contributed by atoms with E-state index < -0.39 is 0 Å². The van der Waals surface area contributed by atoms with Gasteiger partial charge in [-0.3, -0.25) is 4.90 Å². The molecule has 154 valence electrons. The van der Waals surface area contributed by atoms with Gasteiger partial charge in [0.1, 0.15) is 11.2 Å². The number of aromatic nitrogens is 4. The summed E-state index contributed by atoms with van der Waals surface area (Å²) in [6, 6.07) is 10.7. The minimum Gasteiger partial charge on any atom is -0.369 e. The lowest BCUT2D eigenvalue weighted by Gasteiger charge is -2.35. The summed E-state index contributed by atoms with van der Waals surface area (Å²) in [6.07, 6.45) is 7.65. The molecule has 0 saturated carbocycles. The fourth-order valence-electron chi connectivity index (χ4n) is 4.83. The molecular formula is C23H26N6S. The van der Waals surface area contributed by atoms with E-state index in [4.69, 9.17) is 10.1 Å². The van der Waals surface area contributed by atoms with E-state index in [2.05, 4.69) is 45.1 Å². The van der Waals surface area contributed by atoms with Gasteiger partial charge in [-0.05, 0) is 43.4 Å². The van der Waals surface area contributed by atoms with E-state index in [1.54, 1.807) is 0 Å². The number of hydrogen-bond acceptors (Lipinski definition) is 6. The molecule has 3 aromatic heterocycles. The maximum atomic E-state index is 4.95. The lowest BCUT2D eigenvalue weighted by molar-refractivity contribution is 0.259. The minimum atomic E-state index is 0.890. The number of thiophene rings is 1. The average molecular weight is 419 g/mol. The van der Waals surface area contributed by atoms with Crippen molar-refractivity contribution in [1.82, 2.24) is 24.5 Å². The smallest absolute Gasteiger partial charge is 0.167 e. The molecule has 2 aliphatic rings. The Morgan fingerprint density at radius 1 is 0.967 bits per heavy atom. The van der Waals surface area contributed by atoms with Crippen LogP contribution in [0.3, 0.4) is 0 Å². The van der Waals surface area contributed by atoms with Crippen molar-refractivity contribution >= 4 is 32.9 Å². The Bertz CT molecular complexity index is 1170. The van der Waals surface area contributed by atoms with E-state index in [-0.39, 0.29) is 0 Å². The Labute approximate surface area is 180 Å². The largest absolute Gasteiger partial charge is 0.369 e. The van der Waals surface area contributed by atoms with Crippen LogP contribution in [0.1, 0.15) is 29.1 Å². The van der Waals surface area contributed by atoms with E-state index in [9.17, 15) is 0 Å². The van der Waals surface area contributed by atoms with Crippen LogP contribution in [0.25, 0.3) is 15.9 Å². The van der Waals surface area contributed by atoms with E-state index >= 15 is 0 Å². The van der Waals surface area contributed by atoms with Crippen LogP contribution in [0, 0.1) is 0 Å². The zero-order valence-electron chi connectivity index (χ0n) is 17.1. The number of rotatable bonds is 4. The first-order chi connectivity index (χ1) is 14.8. The monoisotopic (exact) mass is 418 g/mol. The van der Waals surface area contributed by atoms with Crippen LogP contribution >= 0.6 is 11.3 Å². The van der Waals surface area contributed by atoms with Crippen molar-refractivity contribution in [3.8, 4) is 0 Å². The molecule has 30 heavy (non-hydrogen) atoms. The Kier molecular flexibility index (Phi) is 4.65. The first-order valence-corrected chi connectivity index (χ1v) is 11.8. The third-order valence-corrected chi connectivity index (χ3v) is 7.68. The molecular weight excluding hydrogens is 392 g/mol. The molecule has 6 rings (SSSR count). The molecule has 7 heteroatoms. The van der Waals surface area contributed by atoms with Crippen LogP contribution in [0.5, 0.6) is 0 Å². The Morgan fingerprint density at radius 3 is 2.67 bits per heavy atom. The van der Waals surface area contributed by atoms with Gasteiger partial charge in [0.25, 0.3) is 0 Å². The second-order valence-electron chi connectivity index (χ2n) is 8.35. The molecule has 0 N–H and O–H groups in total. The summed E-state index contributed by atoms with van der Waals surface area (Å²) in [5.41, 5.74) is 3.81. The first-order valence-electron chi connectivity index (χ1n) is 11.0. The van der Waals surface area contributed by atoms with Gasteiger partial charge >= 0.3 is 0 Å². The lowest BCUT2D eigenvalue weighted by Crippen LogP contribution is -2.47. The maximum Gasteiger partial charge on any atom is 0.167 e. The Morgan fingerprint density at radius 2 is 1.80 bits per heavy atom. The second-order valence-corrected chi connectivity index (χ2v) is 9.43. The summed E-state index contributed by atoms with van der Waals surface area (Å²) >= 11 is 1.85. The van der Waals surface area contributed by atoms with Gasteiger partial charge in [0.05, 0.1) is 5.39 Å². The molecule has 6 nitrogen and oxygen atoms in total. The van der Waals surface area contributed by atoms with Gasteiger partial charge in [-0.1, -0.05) is 18.2 Å². The van der Waals surface area contributed by atoms with Crippen molar-refractivity contribution in [2.75, 3.05) is 37.6 Å². The topological polar surface area (TPSA) is 49.6 Å². The molecule has 0 bridgehead atoms. The van der Waals surface area contributed by atoms with Crippen LogP contribution in [0.15, 0.2) is 36.7 Å². The van der Waals surface area contributed by atoms with Gasteiger partial charge in [-0.2, -0.15) is 0 Å². The summed E-state index contributed by atoms with van der Waals surface area (Å²) in [5.74, 6) is 0.936. The molecule has 4 heterocycles. The highest BCUT2D eigenvalue weighted by molar-refractivity contribution is 7.19. The van der Waals surface area contributed by atoms with Gasteiger partial charge in [-0.15, -0.1) is 16.4 Å². The highest BCUT2D eigenvalue weighted by Gasteiger charge is 2.21. The number of aryl methyl sites for hydroxylation is 2. The summed E-state index contributed by atoms with van der Waals surface area (Å²) in [5, 5.41) is 6.01. The van der Waals surface area contributed by atoms with Gasteiger partial charge in [0.15, 0.2) is 11.5 Å². The van der Waals surface area contributed by atoms with Crippen molar-refractivity contribution in [1.29, 1.82) is 0 Å². The predicted molar refractivity (Wildman–Crippen MR) is 122 cm³/mol. The molecule has 0 radical (unpaired) electrons. The Hall–Kier alpha value is -2.51. The molecule has 4 aromatic rings. The van der Waals surface area contributed by atoms with Crippen LogP contribution in [-0.2, 0) is 19.3 Å². The van der Waals surface area contributed by atoms with Crippen molar-refractivity contribution in [3.05, 3.63) is 52.9 Å². The fourth-order valence-corrected chi connectivity index (χ4v) is 6.05. The lowest BCUT2D eigenvalue weighted by atomic mass is 9.97. The molecule has 1 fully saturated rings. The summed E-state index contributed by atoms with van der Waals surface area (Å²) in [7, 11) is 0. The van der Waals surface area contributed by atoms with Gasteiger partial charge in [0.2, 0.25) is 0 Å². The minimum absolute atomic E-state index is 0.890. The van der Waals surface area contributed by atoms with Gasteiger partial charge < -0.3 is 4.90 Å². The number of hydrogen-bond donors (Lipinski definition) is 0. The average Bonchev–Trinajstić information content (AvgIpc) is 3.39. The highest BCUT2D eigenvalue weighted by Crippen LogP contribution is 2.36. The van der Waals surface area contributed by atoms with Crippen LogP contribution in [-0.4, -0.2) is 57.2 Å². The van der Waals surface area contributed by atoms with Crippen molar-refractivity contribution in [3.63, 3.8) is 0 Å². The molecule has 1 aliphatic carbocycles. The third kappa shape index (κ3) is 3.26. The van der Waals surface area contributed by atoms with Crippen LogP contribution in [0.2, 0.25) is 0 Å². The summed E-state index contributed by atoms with van der Waals surface area (Å²) in [4.78, 5) is 17.3. The predicted octanol–water partition coefficient (Wildman–Crippen LogP) is 3.58. The maximum absolute atomic E-state index is 4.95. The van der Waals surface area contributed by atoms with E-state index in [1.807, 2.05) is 22.2 Å². The fraction of sp³-hybridized carbons (Fsp3) is 0.435. The molecule has 1 aliphatic heterocycles. The number of piperazine rings is 1. The molecule has 1 aromatic carbocycles. The summed E-state index contributed by atoms with van der Waals surface area (Å²) < 4.78 is 1.90. The van der Waals surface area contributed by atoms with E-state index in [1.165, 1.54) is 40.8 Å². The second kappa shape index (κ2) is 7.63. The van der Waals surface area contributed by atoms with Crippen molar-refractivity contribution in [2.45, 2.75) is 32.1 Å². The zero-order valence-corrected chi connectivity index (χ0v) is 17.9. The first kappa shape index (κ1) is 18.3. The van der Waals surface area contributed by atoms with E-state index in [0.717, 1.165) is 61.9 Å². The molecule has 0 amide bonds. The van der Waals surface area contributed by atoms with Gasteiger partial charge in [-0.25, -0.2) is 14.5 Å². The quantitative estimate of drug-likeness (QED) is 0.507. The third-order valence-electron chi connectivity index (χ3n) is 6.48. The number of para-hydroxylation sites is 1. The number of fused-ring (bicyclic) bond motifs is 5. The number of anilines is 1. The zero-order chi connectivity index (χ0) is 19.9. The highest BCUT2D eigenvalue weighted by atomic mass is 32.1. The molecule has 0 spiro atoms. The Balaban J connectivity index is 1.16. The van der Waals surface area contributed by atoms with Crippen LogP contribution in [0.4, 0.5) is 5.69 Å².